The molecule has 3 unspecified atom stereocenters. The Morgan fingerprint density at radius 1 is 1.11 bits per heavy atom. The molecule has 0 N–H and O–H groups in total. The summed E-state index contributed by atoms with van der Waals surface area (Å²) in [4.78, 5) is 25.7. The number of hydrogen-bond donors (Lipinski definition) is 0. The molecule has 0 bridgehead atoms. The summed E-state index contributed by atoms with van der Waals surface area (Å²) in [5, 5.41) is 0. The minimum atomic E-state index is -0.668. The fraction of sp³-hybridized carbons (Fsp3) is 0.417. The van der Waals surface area contributed by atoms with Crippen molar-refractivity contribution in [1.82, 2.24) is 0 Å². The number of ketones is 1. The van der Waals surface area contributed by atoms with E-state index in [-0.39, 0.29) is 17.7 Å². The molecule has 28 heavy (non-hydrogen) atoms. The zero-order valence-electron chi connectivity index (χ0n) is 16.8. The summed E-state index contributed by atoms with van der Waals surface area (Å²) in [7, 11) is 0. The van der Waals surface area contributed by atoms with Gasteiger partial charge >= 0.3 is 5.97 Å². The lowest BCUT2D eigenvalue weighted by Gasteiger charge is -2.31. The summed E-state index contributed by atoms with van der Waals surface area (Å²) in [6.45, 7) is 6.38. The number of unbranched alkanes of at least 4 members (excludes halogenated alkanes) is 1. The van der Waals surface area contributed by atoms with E-state index in [1.807, 2.05) is 56.3 Å². The van der Waals surface area contributed by atoms with Gasteiger partial charge < -0.3 is 9.47 Å². The predicted octanol–water partition coefficient (Wildman–Crippen LogP) is 4.96. The average molecular weight is 380 g/mol. The number of carbonyl (C=O) groups excluding carboxylic acids is 2. The van der Waals surface area contributed by atoms with Crippen LogP contribution in [0.4, 0.5) is 0 Å². The van der Waals surface area contributed by atoms with Crippen LogP contribution < -0.4 is 4.74 Å². The third kappa shape index (κ3) is 3.96. The third-order valence-corrected chi connectivity index (χ3v) is 5.50. The molecule has 1 aliphatic rings. The highest BCUT2D eigenvalue weighted by atomic mass is 16.5. The third-order valence-electron chi connectivity index (χ3n) is 5.50. The first kappa shape index (κ1) is 20.1. The molecule has 148 valence electrons. The molecule has 2 aromatic rings. The van der Waals surface area contributed by atoms with E-state index in [9.17, 15) is 9.59 Å². The first-order valence-corrected chi connectivity index (χ1v) is 9.99. The Morgan fingerprint density at radius 2 is 1.79 bits per heavy atom. The number of esters is 1. The maximum absolute atomic E-state index is 13.3. The van der Waals surface area contributed by atoms with Crippen LogP contribution in [0.15, 0.2) is 54.6 Å². The van der Waals surface area contributed by atoms with Crippen LogP contribution in [-0.2, 0) is 14.9 Å². The Kier molecular flexibility index (Phi) is 6.18. The van der Waals surface area contributed by atoms with Gasteiger partial charge in [-0.1, -0.05) is 75.7 Å². The number of benzene rings is 2. The van der Waals surface area contributed by atoms with Crippen molar-refractivity contribution < 1.29 is 19.1 Å². The Balaban J connectivity index is 1.87. The van der Waals surface area contributed by atoms with Gasteiger partial charge in [0.15, 0.2) is 6.10 Å². The number of fused-ring (bicyclic) bond motifs is 1. The highest BCUT2D eigenvalue weighted by Crippen LogP contribution is 2.47. The summed E-state index contributed by atoms with van der Waals surface area (Å²) in [5.74, 6) is 0.101. The van der Waals surface area contributed by atoms with Gasteiger partial charge in [0.05, 0.1) is 12.5 Å². The van der Waals surface area contributed by atoms with E-state index in [1.165, 1.54) is 0 Å². The Bertz CT molecular complexity index is 830. The molecule has 0 aromatic heterocycles. The fourth-order valence-electron chi connectivity index (χ4n) is 3.93. The van der Waals surface area contributed by atoms with Gasteiger partial charge in [-0.15, -0.1) is 0 Å². The van der Waals surface area contributed by atoms with Gasteiger partial charge in [0, 0.05) is 16.5 Å². The maximum atomic E-state index is 13.3. The Labute approximate surface area is 166 Å². The first-order valence-electron chi connectivity index (χ1n) is 9.99. The van der Waals surface area contributed by atoms with Crippen LogP contribution in [0.3, 0.4) is 0 Å². The van der Waals surface area contributed by atoms with E-state index < -0.39 is 11.5 Å². The van der Waals surface area contributed by atoms with E-state index in [0.29, 0.717) is 24.3 Å². The summed E-state index contributed by atoms with van der Waals surface area (Å²) in [6.07, 6.45) is 1.65. The van der Waals surface area contributed by atoms with Crippen molar-refractivity contribution in [2.75, 3.05) is 6.61 Å². The summed E-state index contributed by atoms with van der Waals surface area (Å²) >= 11 is 0. The highest BCUT2D eigenvalue weighted by molar-refractivity contribution is 6.01. The zero-order valence-corrected chi connectivity index (χ0v) is 16.8. The fourth-order valence-corrected chi connectivity index (χ4v) is 3.93. The molecule has 3 atom stereocenters. The molecule has 4 nitrogen and oxygen atoms in total. The second kappa shape index (κ2) is 8.59. The number of carbonyl (C=O) groups is 2. The molecule has 0 saturated carbocycles. The second-order valence-electron chi connectivity index (χ2n) is 7.77. The van der Waals surface area contributed by atoms with Gasteiger partial charge in [0.25, 0.3) is 0 Å². The van der Waals surface area contributed by atoms with E-state index in [4.69, 9.17) is 9.47 Å². The van der Waals surface area contributed by atoms with E-state index in [0.717, 1.165) is 18.4 Å². The van der Waals surface area contributed by atoms with Gasteiger partial charge in [0.1, 0.15) is 5.75 Å². The van der Waals surface area contributed by atoms with E-state index in [1.54, 1.807) is 12.1 Å². The van der Waals surface area contributed by atoms with Crippen LogP contribution >= 0.6 is 0 Å². The normalized spacial score (nSPS) is 21.5. The van der Waals surface area contributed by atoms with Crippen LogP contribution in [-0.4, -0.2) is 24.5 Å². The van der Waals surface area contributed by atoms with Crippen LogP contribution in [0.2, 0.25) is 0 Å². The molecule has 1 heterocycles. The lowest BCUT2D eigenvalue weighted by atomic mass is 9.71. The van der Waals surface area contributed by atoms with Gasteiger partial charge in [0.2, 0.25) is 5.78 Å². The van der Waals surface area contributed by atoms with Crippen LogP contribution in [0.25, 0.3) is 0 Å². The molecule has 3 rings (SSSR count). The SMILES string of the molecule is CCCCOC(=O)C(C)CC1(C)c2ccccc2OC1C(=O)c1ccccc1. The average Bonchev–Trinajstić information content (AvgIpc) is 3.00. The molecule has 0 saturated heterocycles. The minimum absolute atomic E-state index is 0.0640. The largest absolute Gasteiger partial charge is 0.481 e. The number of hydrogen-bond acceptors (Lipinski definition) is 4. The van der Waals surface area contributed by atoms with Gasteiger partial charge in [-0.2, -0.15) is 0 Å². The number of ether oxygens (including phenoxy) is 2. The molecule has 0 radical (unpaired) electrons. The Morgan fingerprint density at radius 3 is 2.50 bits per heavy atom. The van der Waals surface area contributed by atoms with Crippen molar-refractivity contribution >= 4 is 11.8 Å². The van der Waals surface area contributed by atoms with Crippen LogP contribution in [0, 0.1) is 5.92 Å². The van der Waals surface area contributed by atoms with E-state index in [2.05, 4.69) is 6.92 Å². The standard InChI is InChI=1S/C24H28O4/c1-4-5-15-27-23(26)17(2)16-24(3)19-13-9-10-14-20(19)28-22(24)21(25)18-11-7-6-8-12-18/h6-14,17,22H,4-5,15-16H2,1-3H3. The van der Waals surface area contributed by atoms with Crippen molar-refractivity contribution in [3.8, 4) is 5.75 Å². The van der Waals surface area contributed by atoms with Crippen LogP contribution in [0.5, 0.6) is 5.75 Å². The molecule has 0 aliphatic carbocycles. The lowest BCUT2D eigenvalue weighted by molar-refractivity contribution is -0.148. The molecule has 0 spiro atoms. The van der Waals surface area contributed by atoms with Crippen LogP contribution in [0.1, 0.15) is 56.0 Å². The summed E-state index contributed by atoms with van der Waals surface area (Å²) in [6, 6.07) is 16.9. The molecular weight excluding hydrogens is 352 g/mol. The number of Topliss-reactive ketones (excluding diaryl/α,β-unsaturated/α-hetero) is 1. The van der Waals surface area contributed by atoms with Gasteiger partial charge in [-0.25, -0.2) is 0 Å². The lowest BCUT2D eigenvalue weighted by Crippen LogP contribution is -2.43. The van der Waals surface area contributed by atoms with Crippen molar-refractivity contribution in [2.24, 2.45) is 5.92 Å². The molecule has 1 aliphatic heterocycles. The van der Waals surface area contributed by atoms with Crippen molar-refractivity contribution in [3.63, 3.8) is 0 Å². The van der Waals surface area contributed by atoms with Gasteiger partial charge in [-0.3, -0.25) is 9.59 Å². The zero-order chi connectivity index (χ0) is 20.1. The molecule has 4 heteroatoms. The van der Waals surface area contributed by atoms with Crippen molar-refractivity contribution in [3.05, 3.63) is 65.7 Å². The minimum Gasteiger partial charge on any atom is -0.481 e. The van der Waals surface area contributed by atoms with Crippen molar-refractivity contribution in [1.29, 1.82) is 0 Å². The number of rotatable bonds is 8. The molecule has 0 fully saturated rings. The molecule has 0 amide bonds. The quantitative estimate of drug-likeness (QED) is 0.369. The first-order chi connectivity index (χ1) is 13.5. The van der Waals surface area contributed by atoms with Gasteiger partial charge in [-0.05, 0) is 18.9 Å². The summed E-state index contributed by atoms with van der Waals surface area (Å²) in [5.41, 5.74) is 0.981. The Hall–Kier alpha value is -2.62. The molecular formula is C24H28O4. The molecule has 2 aromatic carbocycles. The maximum Gasteiger partial charge on any atom is 0.308 e. The highest BCUT2D eigenvalue weighted by Gasteiger charge is 2.50. The topological polar surface area (TPSA) is 52.6 Å². The second-order valence-corrected chi connectivity index (χ2v) is 7.77. The number of para-hydroxylation sites is 1. The monoisotopic (exact) mass is 380 g/mol. The van der Waals surface area contributed by atoms with E-state index >= 15 is 0 Å². The summed E-state index contributed by atoms with van der Waals surface area (Å²) < 4.78 is 11.5. The van der Waals surface area contributed by atoms with Crippen molar-refractivity contribution in [2.45, 2.75) is 51.6 Å². The smallest absolute Gasteiger partial charge is 0.308 e. The predicted molar refractivity (Wildman–Crippen MR) is 109 cm³/mol.